The van der Waals surface area contributed by atoms with Crippen LogP contribution in [-0.2, 0) is 11.0 Å². The third-order valence-corrected chi connectivity index (χ3v) is 3.85. The van der Waals surface area contributed by atoms with Crippen molar-refractivity contribution in [1.82, 2.24) is 0 Å². The number of alkyl halides is 3. The van der Waals surface area contributed by atoms with Crippen molar-refractivity contribution < 1.29 is 18.0 Å². The van der Waals surface area contributed by atoms with Gasteiger partial charge in [-0.15, -0.1) is 0 Å². The molecule has 3 nitrogen and oxygen atoms in total. The molecule has 0 spiro atoms. The van der Waals surface area contributed by atoms with Crippen molar-refractivity contribution in [3.63, 3.8) is 0 Å². The van der Waals surface area contributed by atoms with E-state index < -0.39 is 17.6 Å². The van der Waals surface area contributed by atoms with Gasteiger partial charge in [-0.1, -0.05) is 18.9 Å². The number of anilines is 2. The highest BCUT2D eigenvalue weighted by molar-refractivity contribution is 6.01. The topological polar surface area (TPSA) is 32.3 Å². The van der Waals surface area contributed by atoms with Crippen molar-refractivity contribution in [2.24, 2.45) is 0 Å². The van der Waals surface area contributed by atoms with E-state index in [0.717, 1.165) is 50.9 Å². The van der Waals surface area contributed by atoms with Crippen molar-refractivity contribution in [1.29, 1.82) is 0 Å². The minimum atomic E-state index is -4.43. The first-order valence-electron chi connectivity index (χ1n) is 7.81. The lowest BCUT2D eigenvalue weighted by Gasteiger charge is -2.26. The molecule has 1 amide bonds. The largest absolute Gasteiger partial charge is 0.416 e. The number of benzene rings is 1. The molecule has 1 N–H and O–H groups in total. The summed E-state index contributed by atoms with van der Waals surface area (Å²) in [7, 11) is 0. The third kappa shape index (κ3) is 4.74. The summed E-state index contributed by atoms with van der Waals surface area (Å²) < 4.78 is 38.9. The second-order valence-corrected chi connectivity index (χ2v) is 5.62. The van der Waals surface area contributed by atoms with Crippen LogP contribution in [0.1, 0.15) is 38.2 Å². The number of rotatable bonds is 3. The average Bonchev–Trinajstić information content (AvgIpc) is 2.75. The summed E-state index contributed by atoms with van der Waals surface area (Å²) in [5.41, 5.74) is 0.106. The number of amides is 1. The van der Waals surface area contributed by atoms with E-state index in [4.69, 9.17) is 0 Å². The Bertz CT molecular complexity index is 574. The zero-order valence-electron chi connectivity index (χ0n) is 13.1. The van der Waals surface area contributed by atoms with Crippen molar-refractivity contribution in [3.8, 4) is 0 Å². The smallest absolute Gasteiger partial charge is 0.370 e. The Morgan fingerprint density at radius 1 is 1.17 bits per heavy atom. The van der Waals surface area contributed by atoms with E-state index in [9.17, 15) is 18.0 Å². The van der Waals surface area contributed by atoms with E-state index in [2.05, 4.69) is 10.2 Å². The molecule has 1 heterocycles. The highest BCUT2D eigenvalue weighted by Gasteiger charge is 2.31. The van der Waals surface area contributed by atoms with Crippen molar-refractivity contribution in [3.05, 3.63) is 35.9 Å². The maximum Gasteiger partial charge on any atom is 0.416 e. The average molecular weight is 326 g/mol. The lowest BCUT2D eigenvalue weighted by atomic mass is 10.1. The monoisotopic (exact) mass is 326 g/mol. The molecule has 0 bridgehead atoms. The molecule has 1 saturated heterocycles. The Morgan fingerprint density at radius 3 is 2.39 bits per heavy atom. The minimum Gasteiger partial charge on any atom is -0.370 e. The molecule has 1 aliphatic heterocycles. The third-order valence-electron chi connectivity index (χ3n) is 3.85. The quantitative estimate of drug-likeness (QED) is 0.823. The van der Waals surface area contributed by atoms with E-state index in [-0.39, 0.29) is 5.69 Å². The highest BCUT2D eigenvalue weighted by atomic mass is 19.4. The van der Waals surface area contributed by atoms with Crippen LogP contribution in [0.4, 0.5) is 24.5 Å². The number of hydrogen-bond acceptors (Lipinski definition) is 2. The van der Waals surface area contributed by atoms with Gasteiger partial charge in [0.2, 0.25) is 5.91 Å². The molecular formula is C17H21F3N2O. The van der Waals surface area contributed by atoms with Gasteiger partial charge >= 0.3 is 6.18 Å². The lowest BCUT2D eigenvalue weighted by molar-refractivity contribution is -0.137. The van der Waals surface area contributed by atoms with Crippen LogP contribution in [-0.4, -0.2) is 19.0 Å². The molecule has 1 fully saturated rings. The van der Waals surface area contributed by atoms with Gasteiger partial charge in [-0.2, -0.15) is 13.2 Å². The Morgan fingerprint density at radius 2 is 1.83 bits per heavy atom. The van der Waals surface area contributed by atoms with Gasteiger partial charge in [0, 0.05) is 13.1 Å². The van der Waals surface area contributed by atoms with Crippen LogP contribution in [0.25, 0.3) is 0 Å². The molecule has 0 unspecified atom stereocenters. The zero-order valence-corrected chi connectivity index (χ0v) is 13.1. The molecule has 6 heteroatoms. The zero-order chi connectivity index (χ0) is 16.9. The van der Waals surface area contributed by atoms with E-state index in [1.54, 1.807) is 13.0 Å². The normalized spacial score (nSPS) is 16.4. The Balaban J connectivity index is 2.36. The molecule has 1 aliphatic rings. The van der Waals surface area contributed by atoms with Gasteiger partial charge < -0.3 is 10.2 Å². The minimum absolute atomic E-state index is 0.213. The van der Waals surface area contributed by atoms with Gasteiger partial charge in [-0.3, -0.25) is 4.79 Å². The maximum atomic E-state index is 13.0. The van der Waals surface area contributed by atoms with Crippen LogP contribution >= 0.6 is 0 Å². The van der Waals surface area contributed by atoms with Crippen LogP contribution in [0, 0.1) is 0 Å². The first kappa shape index (κ1) is 17.4. The van der Waals surface area contributed by atoms with E-state index in [0.29, 0.717) is 5.69 Å². The summed E-state index contributed by atoms with van der Waals surface area (Å²) in [5, 5.41) is 2.57. The van der Waals surface area contributed by atoms with Crippen molar-refractivity contribution in [2.75, 3.05) is 23.3 Å². The van der Waals surface area contributed by atoms with Crippen molar-refractivity contribution >= 4 is 17.3 Å². The van der Waals surface area contributed by atoms with Gasteiger partial charge in [-0.25, -0.2) is 0 Å². The molecule has 1 aromatic rings. The molecular weight excluding hydrogens is 305 g/mol. The standard InChI is InChI=1S/C17H21F3N2O/c1-2-7-16(23)21-14-12-13(17(18,19)20)8-9-15(14)22-10-5-3-4-6-11-22/h2,7-9,12H,3-6,10-11H2,1H3,(H,21,23)/b7-2+. The summed E-state index contributed by atoms with van der Waals surface area (Å²) in [6.45, 7) is 3.26. The molecule has 0 aromatic heterocycles. The fraction of sp³-hybridized carbons (Fsp3) is 0.471. The fourth-order valence-electron chi connectivity index (χ4n) is 2.73. The van der Waals surface area contributed by atoms with Crippen LogP contribution in [0.5, 0.6) is 0 Å². The number of hydrogen-bond donors (Lipinski definition) is 1. The Labute approximate surface area is 134 Å². The van der Waals surface area contributed by atoms with Crippen LogP contribution in [0.2, 0.25) is 0 Å². The van der Waals surface area contributed by atoms with Gasteiger partial charge in [-0.05, 0) is 44.0 Å². The predicted octanol–water partition coefficient (Wildman–Crippen LogP) is 4.60. The summed E-state index contributed by atoms with van der Waals surface area (Å²) in [5.74, 6) is -0.428. The van der Waals surface area contributed by atoms with E-state index in [1.165, 1.54) is 12.1 Å². The Hall–Kier alpha value is -1.98. The number of allylic oxidation sites excluding steroid dienone is 1. The number of nitrogens with zero attached hydrogens (tertiary/aromatic N) is 1. The summed E-state index contributed by atoms with van der Waals surface area (Å²) >= 11 is 0. The van der Waals surface area contributed by atoms with Crippen molar-refractivity contribution in [2.45, 2.75) is 38.8 Å². The van der Waals surface area contributed by atoms with E-state index in [1.807, 2.05) is 0 Å². The molecule has 0 radical (unpaired) electrons. The molecule has 0 atom stereocenters. The van der Waals surface area contributed by atoms with Gasteiger partial charge in [0.15, 0.2) is 0 Å². The van der Waals surface area contributed by atoms with Gasteiger partial charge in [0.05, 0.1) is 16.9 Å². The molecule has 126 valence electrons. The second-order valence-electron chi connectivity index (χ2n) is 5.62. The maximum absolute atomic E-state index is 13.0. The Kier molecular flexibility index (Phi) is 5.69. The molecule has 23 heavy (non-hydrogen) atoms. The molecule has 2 rings (SSSR count). The summed E-state index contributed by atoms with van der Waals surface area (Å²) in [6.07, 6.45) is 2.67. The molecule has 1 aromatic carbocycles. The SMILES string of the molecule is C/C=C/C(=O)Nc1cc(C(F)(F)F)ccc1N1CCCCCC1. The number of carbonyl (C=O) groups excluding carboxylic acids is 1. The number of halogens is 3. The number of nitrogens with one attached hydrogen (secondary N) is 1. The number of carbonyl (C=O) groups is 1. The molecule has 0 aliphatic carbocycles. The predicted molar refractivity (Wildman–Crippen MR) is 85.6 cm³/mol. The van der Waals surface area contributed by atoms with Gasteiger partial charge in [0.25, 0.3) is 0 Å². The van der Waals surface area contributed by atoms with Gasteiger partial charge in [0.1, 0.15) is 0 Å². The first-order valence-corrected chi connectivity index (χ1v) is 7.81. The summed E-state index contributed by atoms with van der Waals surface area (Å²) in [4.78, 5) is 13.8. The fourth-order valence-corrected chi connectivity index (χ4v) is 2.73. The molecule has 0 saturated carbocycles. The van der Waals surface area contributed by atoms with E-state index >= 15 is 0 Å². The summed E-state index contributed by atoms with van der Waals surface area (Å²) in [6, 6.07) is 3.55. The lowest BCUT2D eigenvalue weighted by Crippen LogP contribution is -2.26. The van der Waals surface area contributed by atoms with Crippen LogP contribution < -0.4 is 10.2 Å². The van der Waals surface area contributed by atoms with Crippen LogP contribution in [0.15, 0.2) is 30.4 Å². The first-order chi connectivity index (χ1) is 10.9. The second kappa shape index (κ2) is 7.53. The van der Waals surface area contributed by atoms with Crippen LogP contribution in [0.3, 0.4) is 0 Å². The highest BCUT2D eigenvalue weighted by Crippen LogP contribution is 2.36.